The molecule has 2 heterocycles. The normalized spacial score (nSPS) is 11.1. The van der Waals surface area contributed by atoms with Crippen molar-refractivity contribution < 1.29 is 9.21 Å². The van der Waals surface area contributed by atoms with Gasteiger partial charge in [-0.3, -0.25) is 9.78 Å². The molecule has 114 valence electrons. The number of amides is 1. The molecule has 0 unspecified atom stereocenters. The van der Waals surface area contributed by atoms with Gasteiger partial charge in [0, 0.05) is 22.8 Å². The Kier molecular flexibility index (Phi) is 3.01. The van der Waals surface area contributed by atoms with E-state index in [1.54, 1.807) is 18.2 Å². The summed E-state index contributed by atoms with van der Waals surface area (Å²) in [5.74, 6) is -0.637. The molecule has 0 saturated heterocycles. The first-order valence-corrected chi connectivity index (χ1v) is 7.17. The van der Waals surface area contributed by atoms with E-state index in [-0.39, 0.29) is 12.3 Å². The lowest BCUT2D eigenvalue weighted by Crippen LogP contribution is -2.14. The van der Waals surface area contributed by atoms with Crippen LogP contribution in [0.4, 0.5) is 5.69 Å². The van der Waals surface area contributed by atoms with Crippen molar-refractivity contribution in [2.75, 3.05) is 5.32 Å². The summed E-state index contributed by atoms with van der Waals surface area (Å²) in [6.45, 7) is 0. The van der Waals surface area contributed by atoms with Gasteiger partial charge < -0.3 is 14.7 Å². The number of oxazole rings is 1. The van der Waals surface area contributed by atoms with E-state index >= 15 is 0 Å². The highest BCUT2D eigenvalue weighted by Gasteiger charge is 2.10. The molecule has 2 aromatic heterocycles. The van der Waals surface area contributed by atoms with Gasteiger partial charge >= 0.3 is 5.76 Å². The van der Waals surface area contributed by atoms with Gasteiger partial charge in [0.15, 0.2) is 5.58 Å². The Morgan fingerprint density at radius 1 is 1.13 bits per heavy atom. The molecule has 0 aliphatic carbocycles. The van der Waals surface area contributed by atoms with Crippen molar-refractivity contribution in [1.29, 1.82) is 0 Å². The molecule has 2 aromatic carbocycles. The van der Waals surface area contributed by atoms with Crippen molar-refractivity contribution in [2.24, 2.45) is 0 Å². The molecule has 0 saturated carbocycles. The number of rotatable bonds is 3. The van der Waals surface area contributed by atoms with E-state index in [0.29, 0.717) is 16.8 Å². The Balaban J connectivity index is 1.55. The zero-order chi connectivity index (χ0) is 15.8. The molecule has 6 heteroatoms. The van der Waals surface area contributed by atoms with Crippen LogP contribution in [-0.2, 0) is 11.2 Å². The number of nitrogens with one attached hydrogen (secondary N) is 3. The molecule has 1 amide bonds. The predicted molar refractivity (Wildman–Crippen MR) is 87.5 cm³/mol. The number of hydrogen-bond acceptors (Lipinski definition) is 3. The Labute approximate surface area is 130 Å². The standard InChI is InChI=1S/C17H13N3O3/c21-16(7-10-9-18-13-4-2-1-3-12(10)13)19-11-5-6-15-14(8-11)20-17(22)23-15/h1-6,8-9,18H,7H2,(H,19,21)(H,20,22). The number of aromatic amines is 2. The maximum absolute atomic E-state index is 12.2. The third kappa shape index (κ3) is 2.50. The first-order valence-electron chi connectivity index (χ1n) is 7.17. The Morgan fingerprint density at radius 3 is 2.91 bits per heavy atom. The second-order valence-electron chi connectivity index (χ2n) is 5.31. The smallest absolute Gasteiger partial charge is 0.408 e. The molecular formula is C17H13N3O3. The molecule has 6 nitrogen and oxygen atoms in total. The van der Waals surface area contributed by atoms with E-state index in [9.17, 15) is 9.59 Å². The fourth-order valence-electron chi connectivity index (χ4n) is 2.69. The van der Waals surface area contributed by atoms with Crippen molar-refractivity contribution in [3.8, 4) is 0 Å². The molecule has 0 aliphatic heterocycles. The zero-order valence-electron chi connectivity index (χ0n) is 12.1. The number of anilines is 1. The van der Waals surface area contributed by atoms with E-state index in [2.05, 4.69) is 15.3 Å². The van der Waals surface area contributed by atoms with Gasteiger partial charge in [0.25, 0.3) is 0 Å². The molecule has 0 spiro atoms. The summed E-state index contributed by atoms with van der Waals surface area (Å²) < 4.78 is 4.93. The molecule has 0 atom stereocenters. The lowest BCUT2D eigenvalue weighted by atomic mass is 10.1. The third-order valence-corrected chi connectivity index (χ3v) is 3.73. The summed E-state index contributed by atoms with van der Waals surface area (Å²) in [5.41, 5.74) is 3.58. The average Bonchev–Trinajstić information content (AvgIpc) is 3.10. The molecule has 4 rings (SSSR count). The van der Waals surface area contributed by atoms with Gasteiger partial charge in [-0.25, -0.2) is 4.79 Å². The summed E-state index contributed by atoms with van der Waals surface area (Å²) >= 11 is 0. The van der Waals surface area contributed by atoms with Gasteiger partial charge in [-0.15, -0.1) is 0 Å². The lowest BCUT2D eigenvalue weighted by Gasteiger charge is -2.04. The first-order chi connectivity index (χ1) is 11.2. The van der Waals surface area contributed by atoms with Crippen molar-refractivity contribution >= 4 is 33.6 Å². The average molecular weight is 307 g/mol. The van der Waals surface area contributed by atoms with Gasteiger partial charge in [-0.1, -0.05) is 18.2 Å². The zero-order valence-corrected chi connectivity index (χ0v) is 12.1. The van der Waals surface area contributed by atoms with Crippen LogP contribution in [0.1, 0.15) is 5.56 Å². The van der Waals surface area contributed by atoms with Crippen LogP contribution in [0.2, 0.25) is 0 Å². The summed E-state index contributed by atoms with van der Waals surface area (Å²) in [4.78, 5) is 29.1. The molecule has 4 aromatic rings. The lowest BCUT2D eigenvalue weighted by molar-refractivity contribution is -0.115. The van der Waals surface area contributed by atoms with Crippen LogP contribution >= 0.6 is 0 Å². The number of H-pyrrole nitrogens is 2. The quantitative estimate of drug-likeness (QED) is 0.543. The number of aromatic nitrogens is 2. The van der Waals surface area contributed by atoms with E-state index in [1.807, 2.05) is 30.5 Å². The van der Waals surface area contributed by atoms with E-state index < -0.39 is 5.76 Å². The van der Waals surface area contributed by atoms with Crippen LogP contribution in [0.15, 0.2) is 57.9 Å². The van der Waals surface area contributed by atoms with Gasteiger partial charge in [-0.05, 0) is 29.8 Å². The molecule has 0 bridgehead atoms. The Bertz CT molecular complexity index is 1070. The number of hydrogen-bond donors (Lipinski definition) is 3. The van der Waals surface area contributed by atoms with E-state index in [0.717, 1.165) is 16.5 Å². The summed E-state index contributed by atoms with van der Waals surface area (Å²) in [6.07, 6.45) is 2.12. The highest BCUT2D eigenvalue weighted by atomic mass is 16.4. The predicted octanol–water partition coefficient (Wildman–Crippen LogP) is 2.78. The summed E-state index contributed by atoms with van der Waals surface area (Å²) in [7, 11) is 0. The molecule has 0 fully saturated rings. The van der Waals surface area contributed by atoms with E-state index in [1.165, 1.54) is 0 Å². The monoisotopic (exact) mass is 307 g/mol. The van der Waals surface area contributed by atoms with Crippen LogP contribution in [-0.4, -0.2) is 15.9 Å². The van der Waals surface area contributed by atoms with Crippen LogP contribution < -0.4 is 11.1 Å². The minimum Gasteiger partial charge on any atom is -0.408 e. The number of benzene rings is 2. The van der Waals surface area contributed by atoms with Crippen molar-refractivity contribution in [3.63, 3.8) is 0 Å². The highest BCUT2D eigenvalue weighted by molar-refractivity contribution is 5.96. The fraction of sp³-hybridized carbons (Fsp3) is 0.0588. The van der Waals surface area contributed by atoms with Gasteiger partial charge in [0.05, 0.1) is 11.9 Å². The van der Waals surface area contributed by atoms with Crippen LogP contribution in [0.25, 0.3) is 22.0 Å². The number of fused-ring (bicyclic) bond motifs is 2. The second-order valence-corrected chi connectivity index (χ2v) is 5.31. The molecule has 0 aliphatic rings. The molecule has 0 radical (unpaired) electrons. The number of carbonyl (C=O) groups excluding carboxylic acids is 1. The third-order valence-electron chi connectivity index (χ3n) is 3.73. The number of para-hydroxylation sites is 1. The first kappa shape index (κ1) is 13.4. The molecule has 23 heavy (non-hydrogen) atoms. The second kappa shape index (κ2) is 5.17. The number of carbonyl (C=O) groups is 1. The van der Waals surface area contributed by atoms with Crippen LogP contribution in [0, 0.1) is 0 Å². The fourth-order valence-corrected chi connectivity index (χ4v) is 2.69. The van der Waals surface area contributed by atoms with Gasteiger partial charge in [0.2, 0.25) is 5.91 Å². The van der Waals surface area contributed by atoms with Gasteiger partial charge in [-0.2, -0.15) is 0 Å². The largest absolute Gasteiger partial charge is 0.417 e. The Morgan fingerprint density at radius 2 is 2.00 bits per heavy atom. The van der Waals surface area contributed by atoms with Crippen LogP contribution in [0.5, 0.6) is 0 Å². The van der Waals surface area contributed by atoms with E-state index in [4.69, 9.17) is 4.42 Å². The van der Waals surface area contributed by atoms with Gasteiger partial charge in [0.1, 0.15) is 0 Å². The minimum atomic E-state index is -0.512. The summed E-state index contributed by atoms with van der Waals surface area (Å²) in [5, 5.41) is 3.87. The van der Waals surface area contributed by atoms with Crippen molar-refractivity contribution in [3.05, 3.63) is 64.8 Å². The molecule has 3 N–H and O–H groups in total. The topological polar surface area (TPSA) is 90.9 Å². The molecular weight excluding hydrogens is 294 g/mol. The van der Waals surface area contributed by atoms with Crippen LogP contribution in [0.3, 0.4) is 0 Å². The maximum Gasteiger partial charge on any atom is 0.417 e. The highest BCUT2D eigenvalue weighted by Crippen LogP contribution is 2.20. The Hall–Kier alpha value is -3.28. The van der Waals surface area contributed by atoms with Crippen molar-refractivity contribution in [2.45, 2.75) is 6.42 Å². The summed E-state index contributed by atoms with van der Waals surface area (Å²) in [6, 6.07) is 12.9. The van der Waals surface area contributed by atoms with Crippen molar-refractivity contribution in [1.82, 2.24) is 9.97 Å². The SMILES string of the molecule is O=C(Cc1c[nH]c2ccccc12)Nc1ccc2oc(=O)[nH]c2c1. The minimum absolute atomic E-state index is 0.125. The maximum atomic E-state index is 12.2.